The second-order valence-electron chi connectivity index (χ2n) is 4.71. The summed E-state index contributed by atoms with van der Waals surface area (Å²) in [4.78, 5) is 19.0. The average Bonchev–Trinajstić information content (AvgIpc) is 3.19. The molecule has 3 nitrogen and oxygen atoms in total. The highest BCUT2D eigenvalue weighted by molar-refractivity contribution is 7.17. The van der Waals surface area contributed by atoms with Crippen LogP contribution in [0, 0.1) is 0 Å². The second kappa shape index (κ2) is 5.13. The van der Waals surface area contributed by atoms with Crippen LogP contribution in [-0.2, 0) is 0 Å². The lowest BCUT2D eigenvalue weighted by atomic mass is 10.1. The number of aromatic nitrogens is 1. The summed E-state index contributed by atoms with van der Waals surface area (Å²) in [5.41, 5.74) is 1.83. The maximum absolute atomic E-state index is 11.3. The monoisotopic (exact) mass is 272 g/mol. The molecule has 2 aromatic rings. The fraction of sp³-hybridized carbons (Fsp3) is 0.333. The molecule has 98 valence electrons. The SMILES string of the molecule is CCN(c1nc(-c2ccccc2)c(C=O)s1)C1CC1. The van der Waals surface area contributed by atoms with Crippen LogP contribution in [0.4, 0.5) is 5.13 Å². The summed E-state index contributed by atoms with van der Waals surface area (Å²) in [6, 6.07) is 10.5. The number of benzene rings is 1. The van der Waals surface area contributed by atoms with Gasteiger partial charge in [0.05, 0.1) is 10.6 Å². The highest BCUT2D eigenvalue weighted by Gasteiger charge is 2.30. The third-order valence-electron chi connectivity index (χ3n) is 3.37. The van der Waals surface area contributed by atoms with Gasteiger partial charge in [-0.3, -0.25) is 4.79 Å². The molecule has 0 aliphatic heterocycles. The number of aldehydes is 1. The molecule has 1 heterocycles. The zero-order valence-corrected chi connectivity index (χ0v) is 11.7. The molecule has 1 aromatic carbocycles. The van der Waals surface area contributed by atoms with Gasteiger partial charge >= 0.3 is 0 Å². The van der Waals surface area contributed by atoms with Gasteiger partial charge in [-0.15, -0.1) is 0 Å². The van der Waals surface area contributed by atoms with Gasteiger partial charge in [0.15, 0.2) is 11.4 Å². The van der Waals surface area contributed by atoms with Crippen molar-refractivity contribution < 1.29 is 4.79 Å². The van der Waals surface area contributed by atoms with E-state index < -0.39 is 0 Å². The van der Waals surface area contributed by atoms with Crippen LogP contribution < -0.4 is 4.90 Å². The molecule has 1 fully saturated rings. The van der Waals surface area contributed by atoms with Crippen LogP contribution in [0.2, 0.25) is 0 Å². The van der Waals surface area contributed by atoms with Gasteiger partial charge in [0, 0.05) is 18.2 Å². The molecule has 0 saturated heterocycles. The Morgan fingerprint density at radius 1 is 1.37 bits per heavy atom. The fourth-order valence-electron chi connectivity index (χ4n) is 2.26. The van der Waals surface area contributed by atoms with Gasteiger partial charge in [0.25, 0.3) is 0 Å². The van der Waals surface area contributed by atoms with E-state index in [9.17, 15) is 4.79 Å². The topological polar surface area (TPSA) is 33.2 Å². The smallest absolute Gasteiger partial charge is 0.186 e. The van der Waals surface area contributed by atoms with Gasteiger partial charge in [-0.1, -0.05) is 41.7 Å². The van der Waals surface area contributed by atoms with E-state index in [0.29, 0.717) is 6.04 Å². The Kier molecular flexibility index (Phi) is 3.34. The van der Waals surface area contributed by atoms with E-state index in [1.807, 2.05) is 30.3 Å². The van der Waals surface area contributed by atoms with Crippen molar-refractivity contribution >= 4 is 22.8 Å². The zero-order valence-electron chi connectivity index (χ0n) is 10.9. The number of rotatable bonds is 5. The standard InChI is InChI=1S/C15H16N2OS/c1-2-17(12-8-9-12)15-16-14(13(10-18)19-15)11-6-4-3-5-7-11/h3-7,10,12H,2,8-9H2,1H3. The van der Waals surface area contributed by atoms with Crippen LogP contribution in [0.5, 0.6) is 0 Å². The number of nitrogens with zero attached hydrogens (tertiary/aromatic N) is 2. The Morgan fingerprint density at radius 2 is 2.11 bits per heavy atom. The molecule has 1 saturated carbocycles. The highest BCUT2D eigenvalue weighted by Crippen LogP contribution is 2.37. The molecule has 0 unspecified atom stereocenters. The van der Waals surface area contributed by atoms with Crippen LogP contribution in [0.15, 0.2) is 30.3 Å². The lowest BCUT2D eigenvalue weighted by Crippen LogP contribution is -2.24. The van der Waals surface area contributed by atoms with Gasteiger partial charge < -0.3 is 4.90 Å². The lowest BCUT2D eigenvalue weighted by molar-refractivity contribution is 0.112. The van der Waals surface area contributed by atoms with Crippen LogP contribution in [0.3, 0.4) is 0 Å². The van der Waals surface area contributed by atoms with Crippen LogP contribution >= 0.6 is 11.3 Å². The fourth-order valence-corrected chi connectivity index (χ4v) is 3.30. The molecule has 0 amide bonds. The molecule has 1 aliphatic rings. The van der Waals surface area contributed by atoms with E-state index in [0.717, 1.165) is 34.1 Å². The van der Waals surface area contributed by atoms with Crippen molar-refractivity contribution in [1.82, 2.24) is 4.98 Å². The predicted molar refractivity (Wildman–Crippen MR) is 79.0 cm³/mol. The third kappa shape index (κ3) is 2.40. The first-order chi connectivity index (χ1) is 9.33. The summed E-state index contributed by atoms with van der Waals surface area (Å²) < 4.78 is 0. The lowest BCUT2D eigenvalue weighted by Gasteiger charge is -2.18. The van der Waals surface area contributed by atoms with Gasteiger partial charge in [-0.05, 0) is 19.8 Å². The summed E-state index contributed by atoms with van der Waals surface area (Å²) in [6.45, 7) is 3.09. The minimum atomic E-state index is 0.624. The quantitative estimate of drug-likeness (QED) is 0.780. The molecular weight excluding hydrogens is 256 g/mol. The van der Waals surface area contributed by atoms with Crippen molar-refractivity contribution in [1.29, 1.82) is 0 Å². The Balaban J connectivity index is 2.00. The average molecular weight is 272 g/mol. The summed E-state index contributed by atoms with van der Waals surface area (Å²) in [5, 5.41) is 0.978. The van der Waals surface area contributed by atoms with Gasteiger partial charge in [-0.25, -0.2) is 4.98 Å². The van der Waals surface area contributed by atoms with Crippen LogP contribution in [0.1, 0.15) is 29.4 Å². The molecule has 0 radical (unpaired) electrons. The van der Waals surface area contributed by atoms with E-state index in [2.05, 4.69) is 11.8 Å². The normalized spacial score (nSPS) is 14.4. The molecule has 3 rings (SSSR count). The Labute approximate surface area is 116 Å². The first-order valence-corrected chi connectivity index (χ1v) is 7.43. The number of hydrogen-bond donors (Lipinski definition) is 0. The molecule has 0 spiro atoms. The molecule has 1 aromatic heterocycles. The molecule has 0 bridgehead atoms. The largest absolute Gasteiger partial charge is 0.345 e. The van der Waals surface area contributed by atoms with Crippen LogP contribution in [0.25, 0.3) is 11.3 Å². The Morgan fingerprint density at radius 3 is 2.68 bits per heavy atom. The molecular formula is C15H16N2OS. The molecule has 0 N–H and O–H groups in total. The number of thiazole rings is 1. The van der Waals surface area contributed by atoms with Gasteiger partial charge in [0.1, 0.15) is 0 Å². The minimum Gasteiger partial charge on any atom is -0.345 e. The summed E-state index contributed by atoms with van der Waals surface area (Å²) in [6.07, 6.45) is 3.40. The van der Waals surface area contributed by atoms with Crippen molar-refractivity contribution in [2.24, 2.45) is 0 Å². The summed E-state index contributed by atoms with van der Waals surface area (Å²) >= 11 is 1.50. The van der Waals surface area contributed by atoms with Crippen molar-refractivity contribution in [3.63, 3.8) is 0 Å². The molecule has 19 heavy (non-hydrogen) atoms. The number of anilines is 1. The Hall–Kier alpha value is -1.68. The molecule has 1 aliphatic carbocycles. The first-order valence-electron chi connectivity index (χ1n) is 6.61. The Bertz CT molecular complexity index is 575. The van der Waals surface area contributed by atoms with E-state index in [4.69, 9.17) is 4.98 Å². The van der Waals surface area contributed by atoms with Crippen molar-refractivity contribution in [2.45, 2.75) is 25.8 Å². The maximum atomic E-state index is 11.3. The number of carbonyl (C=O) groups is 1. The van der Waals surface area contributed by atoms with E-state index in [1.165, 1.54) is 24.2 Å². The van der Waals surface area contributed by atoms with Crippen molar-refractivity contribution in [2.75, 3.05) is 11.4 Å². The second-order valence-corrected chi connectivity index (χ2v) is 5.72. The van der Waals surface area contributed by atoms with Crippen LogP contribution in [-0.4, -0.2) is 23.9 Å². The minimum absolute atomic E-state index is 0.624. The number of hydrogen-bond acceptors (Lipinski definition) is 4. The third-order valence-corrected chi connectivity index (χ3v) is 4.39. The highest BCUT2D eigenvalue weighted by atomic mass is 32.1. The van der Waals surface area contributed by atoms with Crippen molar-refractivity contribution in [3.05, 3.63) is 35.2 Å². The predicted octanol–water partition coefficient (Wildman–Crippen LogP) is 3.61. The zero-order chi connectivity index (χ0) is 13.2. The summed E-state index contributed by atoms with van der Waals surface area (Å²) in [5.74, 6) is 0. The van der Waals surface area contributed by atoms with Gasteiger partial charge in [-0.2, -0.15) is 0 Å². The summed E-state index contributed by atoms with van der Waals surface area (Å²) in [7, 11) is 0. The molecule has 0 atom stereocenters. The first kappa shape index (κ1) is 12.4. The van der Waals surface area contributed by atoms with Gasteiger partial charge in [0.2, 0.25) is 0 Å². The van der Waals surface area contributed by atoms with E-state index in [-0.39, 0.29) is 0 Å². The van der Waals surface area contributed by atoms with E-state index >= 15 is 0 Å². The number of carbonyl (C=O) groups excluding carboxylic acids is 1. The van der Waals surface area contributed by atoms with Crippen molar-refractivity contribution in [3.8, 4) is 11.3 Å². The maximum Gasteiger partial charge on any atom is 0.186 e. The van der Waals surface area contributed by atoms with E-state index in [1.54, 1.807) is 0 Å². The molecule has 4 heteroatoms.